The molecule has 8 heteroatoms. The lowest BCUT2D eigenvalue weighted by molar-refractivity contribution is -0.119. The maximum Gasteiger partial charge on any atom is 0.238 e. The Kier molecular flexibility index (Phi) is 6.49. The van der Waals surface area contributed by atoms with Crippen molar-refractivity contribution in [2.75, 3.05) is 36.9 Å². The fourth-order valence-electron chi connectivity index (χ4n) is 3.39. The lowest BCUT2D eigenvalue weighted by Crippen LogP contribution is -2.42. The molecule has 0 spiro atoms. The van der Waals surface area contributed by atoms with Gasteiger partial charge in [-0.25, -0.2) is 9.37 Å². The number of hydrogen-bond acceptors (Lipinski definition) is 6. The van der Waals surface area contributed by atoms with Gasteiger partial charge in [-0.3, -0.25) is 14.7 Å². The van der Waals surface area contributed by atoms with E-state index in [4.69, 9.17) is 4.74 Å². The monoisotopic (exact) mass is 421 g/mol. The molecule has 1 fully saturated rings. The molecule has 1 amide bonds. The van der Waals surface area contributed by atoms with Crippen LogP contribution in [-0.2, 0) is 9.53 Å². The van der Waals surface area contributed by atoms with Crippen LogP contribution in [0.5, 0.6) is 0 Å². The number of pyridine rings is 2. The first kappa shape index (κ1) is 20.9. The number of aromatic nitrogens is 2. The summed E-state index contributed by atoms with van der Waals surface area (Å²) in [4.78, 5) is 23.3. The number of anilines is 3. The third-order valence-electron chi connectivity index (χ3n) is 4.92. The van der Waals surface area contributed by atoms with Gasteiger partial charge in [0.1, 0.15) is 17.7 Å². The van der Waals surface area contributed by atoms with Crippen molar-refractivity contribution in [1.29, 1.82) is 0 Å². The quantitative estimate of drug-likeness (QED) is 0.632. The van der Waals surface area contributed by atoms with E-state index in [1.807, 2.05) is 42.2 Å². The van der Waals surface area contributed by atoms with Crippen LogP contribution < -0.4 is 10.6 Å². The summed E-state index contributed by atoms with van der Waals surface area (Å²) in [6.07, 6.45) is 1.54. The Morgan fingerprint density at radius 2 is 1.97 bits per heavy atom. The highest BCUT2D eigenvalue weighted by molar-refractivity contribution is 5.92. The van der Waals surface area contributed by atoms with Gasteiger partial charge in [-0.2, -0.15) is 0 Å². The van der Waals surface area contributed by atoms with Gasteiger partial charge in [0.15, 0.2) is 0 Å². The minimum atomic E-state index is -0.335. The van der Waals surface area contributed by atoms with Crippen LogP contribution in [0.3, 0.4) is 0 Å². The Morgan fingerprint density at radius 3 is 2.71 bits per heavy atom. The molecule has 1 aromatic carbocycles. The molecule has 1 aliphatic heterocycles. The van der Waals surface area contributed by atoms with Gasteiger partial charge in [0.2, 0.25) is 5.91 Å². The maximum atomic E-state index is 13.0. The van der Waals surface area contributed by atoms with Crippen LogP contribution in [0.4, 0.5) is 21.6 Å². The van der Waals surface area contributed by atoms with Gasteiger partial charge in [0.05, 0.1) is 30.7 Å². The van der Waals surface area contributed by atoms with Gasteiger partial charge in [-0.15, -0.1) is 0 Å². The van der Waals surface area contributed by atoms with E-state index in [0.29, 0.717) is 25.4 Å². The molecule has 2 N–H and O–H groups in total. The predicted molar refractivity (Wildman–Crippen MR) is 117 cm³/mol. The molecule has 0 aliphatic carbocycles. The largest absolute Gasteiger partial charge is 0.369 e. The van der Waals surface area contributed by atoms with E-state index in [1.165, 1.54) is 12.1 Å². The van der Waals surface area contributed by atoms with Crippen molar-refractivity contribution in [2.45, 2.75) is 13.0 Å². The van der Waals surface area contributed by atoms with Crippen LogP contribution in [0.25, 0.3) is 0 Å². The minimum Gasteiger partial charge on any atom is -0.369 e. The van der Waals surface area contributed by atoms with Gasteiger partial charge in [-0.05, 0) is 55.5 Å². The molecule has 2 aromatic heterocycles. The second-order valence-electron chi connectivity index (χ2n) is 7.41. The fraction of sp³-hybridized carbons (Fsp3) is 0.261. The number of amides is 1. The average molecular weight is 421 g/mol. The molecule has 160 valence electrons. The normalized spacial score (nSPS) is 16.6. The summed E-state index contributed by atoms with van der Waals surface area (Å²) in [5.74, 6) is 0.283. The van der Waals surface area contributed by atoms with E-state index in [9.17, 15) is 9.18 Å². The van der Waals surface area contributed by atoms with E-state index >= 15 is 0 Å². The molecule has 0 bridgehead atoms. The van der Waals surface area contributed by atoms with Gasteiger partial charge in [0.25, 0.3) is 0 Å². The molecule has 0 saturated carbocycles. The van der Waals surface area contributed by atoms with Gasteiger partial charge in [0, 0.05) is 24.5 Å². The van der Waals surface area contributed by atoms with Crippen molar-refractivity contribution >= 4 is 23.1 Å². The van der Waals surface area contributed by atoms with Crippen LogP contribution in [-0.4, -0.2) is 47.0 Å². The number of ether oxygens (including phenoxy) is 1. The molecule has 3 aromatic rings. The summed E-state index contributed by atoms with van der Waals surface area (Å²) >= 11 is 0. The molecular formula is C23H24FN5O2. The Balaban J connectivity index is 1.32. The van der Waals surface area contributed by atoms with E-state index in [-0.39, 0.29) is 24.4 Å². The van der Waals surface area contributed by atoms with E-state index < -0.39 is 0 Å². The smallest absolute Gasteiger partial charge is 0.238 e. The first-order valence-corrected chi connectivity index (χ1v) is 10.1. The highest BCUT2D eigenvalue weighted by Crippen LogP contribution is 2.22. The fourth-order valence-corrected chi connectivity index (χ4v) is 3.39. The van der Waals surface area contributed by atoms with Crippen molar-refractivity contribution in [3.63, 3.8) is 0 Å². The van der Waals surface area contributed by atoms with Crippen molar-refractivity contribution in [3.8, 4) is 0 Å². The summed E-state index contributed by atoms with van der Waals surface area (Å²) in [5.41, 5.74) is 3.16. The van der Waals surface area contributed by atoms with Gasteiger partial charge in [-0.1, -0.05) is 6.07 Å². The van der Waals surface area contributed by atoms with Crippen LogP contribution in [0.1, 0.15) is 17.5 Å². The molecule has 0 unspecified atom stereocenters. The number of halogens is 1. The third kappa shape index (κ3) is 5.84. The molecule has 1 aliphatic rings. The lowest BCUT2D eigenvalue weighted by atomic mass is 10.2. The number of nitrogens with zero attached hydrogens (tertiary/aromatic N) is 3. The van der Waals surface area contributed by atoms with Crippen LogP contribution in [0.15, 0.2) is 60.8 Å². The lowest BCUT2D eigenvalue weighted by Gasteiger charge is -2.32. The summed E-state index contributed by atoms with van der Waals surface area (Å²) in [5, 5.41) is 6.02. The van der Waals surface area contributed by atoms with E-state index in [2.05, 4.69) is 20.6 Å². The number of rotatable bonds is 6. The highest BCUT2D eigenvalue weighted by atomic mass is 19.1. The van der Waals surface area contributed by atoms with Gasteiger partial charge >= 0.3 is 0 Å². The number of carbonyl (C=O) groups is 1. The van der Waals surface area contributed by atoms with Crippen molar-refractivity contribution in [1.82, 2.24) is 14.9 Å². The zero-order chi connectivity index (χ0) is 21.6. The van der Waals surface area contributed by atoms with Crippen LogP contribution in [0, 0.1) is 12.7 Å². The second-order valence-corrected chi connectivity index (χ2v) is 7.41. The topological polar surface area (TPSA) is 79.4 Å². The van der Waals surface area contributed by atoms with Crippen LogP contribution >= 0.6 is 0 Å². The van der Waals surface area contributed by atoms with E-state index in [0.717, 1.165) is 22.9 Å². The number of hydrogen-bond donors (Lipinski definition) is 2. The SMILES string of the molecule is Cc1cccc(Nc2ccc([C@H]3CN(CC(=O)Nc4ccc(F)cc4)CCO3)nc2)n1. The van der Waals surface area contributed by atoms with Crippen molar-refractivity contribution in [3.05, 3.63) is 78.0 Å². The zero-order valence-corrected chi connectivity index (χ0v) is 17.2. The first-order chi connectivity index (χ1) is 15.0. The molecule has 7 nitrogen and oxygen atoms in total. The Bertz CT molecular complexity index is 1030. The minimum absolute atomic E-state index is 0.148. The summed E-state index contributed by atoms with van der Waals surface area (Å²) in [7, 11) is 0. The average Bonchev–Trinajstić information content (AvgIpc) is 2.76. The van der Waals surface area contributed by atoms with Crippen molar-refractivity contribution < 1.29 is 13.9 Å². The van der Waals surface area contributed by atoms with E-state index in [1.54, 1.807) is 18.3 Å². The third-order valence-corrected chi connectivity index (χ3v) is 4.92. The highest BCUT2D eigenvalue weighted by Gasteiger charge is 2.24. The van der Waals surface area contributed by atoms with Gasteiger partial charge < -0.3 is 15.4 Å². The number of benzene rings is 1. The number of aryl methyl sites for hydroxylation is 1. The van der Waals surface area contributed by atoms with Crippen LogP contribution in [0.2, 0.25) is 0 Å². The molecule has 1 atom stereocenters. The summed E-state index contributed by atoms with van der Waals surface area (Å²) < 4.78 is 18.9. The number of carbonyl (C=O) groups excluding carboxylic acids is 1. The summed E-state index contributed by atoms with van der Waals surface area (Å²) in [6, 6.07) is 15.4. The maximum absolute atomic E-state index is 13.0. The Hall–Kier alpha value is -3.36. The number of nitrogens with one attached hydrogen (secondary N) is 2. The number of morpholine rings is 1. The zero-order valence-electron chi connectivity index (χ0n) is 17.2. The Labute approximate surface area is 180 Å². The molecular weight excluding hydrogens is 397 g/mol. The standard InChI is InChI=1S/C23H24FN5O2/c1-16-3-2-4-22(26-16)27-19-9-10-20(25-13-19)21-14-29(11-12-31-21)15-23(30)28-18-7-5-17(24)6-8-18/h2-10,13,21H,11-12,14-15H2,1H3,(H,26,27)(H,28,30)/t21-/m1/s1. The molecule has 31 heavy (non-hydrogen) atoms. The molecule has 0 radical (unpaired) electrons. The van der Waals surface area contributed by atoms with Crippen molar-refractivity contribution in [2.24, 2.45) is 0 Å². The summed E-state index contributed by atoms with van der Waals surface area (Å²) in [6.45, 7) is 3.92. The first-order valence-electron chi connectivity index (χ1n) is 10.1. The molecule has 1 saturated heterocycles. The second kappa shape index (κ2) is 9.63. The predicted octanol–water partition coefficient (Wildman–Crippen LogP) is 3.68. The Morgan fingerprint density at radius 1 is 1.16 bits per heavy atom. The molecule has 4 rings (SSSR count). The molecule has 3 heterocycles.